The fraction of sp³-hybridized carbons (Fsp3) is 0.263. The smallest absolute Gasteiger partial charge is 0.253 e. The molecule has 1 fully saturated rings. The van der Waals surface area contributed by atoms with Crippen LogP contribution in [0.3, 0.4) is 0 Å². The van der Waals surface area contributed by atoms with Crippen LogP contribution in [0.5, 0.6) is 0 Å². The molecule has 5 nitrogen and oxygen atoms in total. The van der Waals surface area contributed by atoms with E-state index in [0.29, 0.717) is 13.1 Å². The molecule has 24 heavy (non-hydrogen) atoms. The molecular formula is C19H21N3O2. The summed E-state index contributed by atoms with van der Waals surface area (Å²) in [6.07, 6.45) is 0. The number of amides is 2. The van der Waals surface area contributed by atoms with Crippen molar-refractivity contribution in [3.05, 3.63) is 60.2 Å². The predicted octanol–water partition coefficient (Wildman–Crippen LogP) is 2.61. The van der Waals surface area contributed by atoms with E-state index in [0.717, 1.165) is 30.0 Å². The Kier molecular flexibility index (Phi) is 4.79. The van der Waals surface area contributed by atoms with Gasteiger partial charge in [-0.15, -0.1) is 0 Å². The molecule has 0 aromatic heterocycles. The molecule has 5 heteroatoms. The van der Waals surface area contributed by atoms with Crippen LogP contribution >= 0.6 is 0 Å². The Labute approximate surface area is 141 Å². The van der Waals surface area contributed by atoms with Gasteiger partial charge in [-0.05, 0) is 36.4 Å². The molecule has 0 radical (unpaired) electrons. The van der Waals surface area contributed by atoms with Crippen molar-refractivity contribution in [1.82, 2.24) is 4.90 Å². The first kappa shape index (κ1) is 16.1. The summed E-state index contributed by atoms with van der Waals surface area (Å²) in [6.45, 7) is 4.52. The summed E-state index contributed by atoms with van der Waals surface area (Å²) in [6, 6.07) is 17.2. The summed E-state index contributed by atoms with van der Waals surface area (Å²) < 4.78 is 0. The monoisotopic (exact) mass is 323 g/mol. The van der Waals surface area contributed by atoms with Gasteiger partial charge in [-0.2, -0.15) is 0 Å². The molecule has 1 N–H and O–H groups in total. The second kappa shape index (κ2) is 7.17. The van der Waals surface area contributed by atoms with Crippen LogP contribution in [0.25, 0.3) is 0 Å². The molecule has 2 aromatic rings. The van der Waals surface area contributed by atoms with Gasteiger partial charge in [0.05, 0.1) is 0 Å². The Morgan fingerprint density at radius 1 is 0.875 bits per heavy atom. The van der Waals surface area contributed by atoms with Crippen molar-refractivity contribution in [3.8, 4) is 0 Å². The third-order valence-corrected chi connectivity index (χ3v) is 4.14. The molecule has 0 aliphatic carbocycles. The van der Waals surface area contributed by atoms with E-state index in [4.69, 9.17) is 0 Å². The lowest BCUT2D eigenvalue weighted by Gasteiger charge is -2.36. The maximum atomic E-state index is 12.5. The van der Waals surface area contributed by atoms with E-state index in [1.165, 1.54) is 6.92 Å². The summed E-state index contributed by atoms with van der Waals surface area (Å²) in [5, 5.41) is 2.76. The van der Waals surface area contributed by atoms with Gasteiger partial charge in [0.2, 0.25) is 5.91 Å². The number of nitrogens with zero attached hydrogens (tertiary/aromatic N) is 2. The van der Waals surface area contributed by atoms with Gasteiger partial charge in [0, 0.05) is 50.0 Å². The maximum absolute atomic E-state index is 12.5. The second-order valence-electron chi connectivity index (χ2n) is 5.87. The number of carbonyl (C=O) groups is 2. The quantitative estimate of drug-likeness (QED) is 0.945. The van der Waals surface area contributed by atoms with Crippen molar-refractivity contribution < 1.29 is 9.59 Å². The van der Waals surface area contributed by atoms with E-state index in [-0.39, 0.29) is 11.8 Å². The Hall–Kier alpha value is -2.82. The molecule has 1 heterocycles. The third kappa shape index (κ3) is 3.74. The number of rotatable bonds is 3. The first-order valence-corrected chi connectivity index (χ1v) is 8.10. The van der Waals surface area contributed by atoms with Crippen LogP contribution < -0.4 is 10.2 Å². The minimum absolute atomic E-state index is 0.0733. The maximum Gasteiger partial charge on any atom is 0.253 e. The fourth-order valence-electron chi connectivity index (χ4n) is 2.89. The number of benzene rings is 2. The molecule has 1 aliphatic rings. The highest BCUT2D eigenvalue weighted by molar-refractivity contribution is 5.94. The summed E-state index contributed by atoms with van der Waals surface area (Å²) in [4.78, 5) is 27.7. The number of nitrogens with one attached hydrogen (secondary N) is 1. The number of piperazine rings is 1. The van der Waals surface area contributed by atoms with E-state index in [1.54, 1.807) is 0 Å². The number of anilines is 2. The lowest BCUT2D eigenvalue weighted by atomic mass is 10.1. The minimum atomic E-state index is -0.0733. The van der Waals surface area contributed by atoms with Crippen molar-refractivity contribution in [2.45, 2.75) is 6.92 Å². The van der Waals surface area contributed by atoms with Crippen molar-refractivity contribution >= 4 is 23.2 Å². The summed E-state index contributed by atoms with van der Waals surface area (Å²) in [7, 11) is 0. The molecule has 0 atom stereocenters. The fourth-order valence-corrected chi connectivity index (χ4v) is 2.89. The third-order valence-electron chi connectivity index (χ3n) is 4.14. The van der Waals surface area contributed by atoms with Gasteiger partial charge in [-0.1, -0.05) is 18.2 Å². The zero-order valence-electron chi connectivity index (χ0n) is 13.7. The van der Waals surface area contributed by atoms with Crippen LogP contribution in [0.1, 0.15) is 17.3 Å². The second-order valence-corrected chi connectivity index (χ2v) is 5.87. The van der Waals surface area contributed by atoms with Crippen LogP contribution in [0.2, 0.25) is 0 Å². The Morgan fingerprint density at radius 3 is 2.08 bits per heavy atom. The van der Waals surface area contributed by atoms with Gasteiger partial charge >= 0.3 is 0 Å². The lowest BCUT2D eigenvalue weighted by Crippen LogP contribution is -2.48. The molecule has 0 spiro atoms. The van der Waals surface area contributed by atoms with Crippen molar-refractivity contribution in [2.75, 3.05) is 36.4 Å². The molecule has 0 saturated carbocycles. The molecule has 124 valence electrons. The molecule has 0 unspecified atom stereocenters. The SMILES string of the molecule is CC(=O)Nc1ccc(N2CCN(C(=O)c3ccccc3)CC2)cc1. The summed E-state index contributed by atoms with van der Waals surface area (Å²) in [5.41, 5.74) is 2.64. The molecule has 2 aromatic carbocycles. The molecule has 2 amide bonds. The van der Waals surface area contributed by atoms with Gasteiger partial charge < -0.3 is 15.1 Å². The van der Waals surface area contributed by atoms with Gasteiger partial charge in [-0.3, -0.25) is 9.59 Å². The van der Waals surface area contributed by atoms with Crippen LogP contribution in [0.4, 0.5) is 11.4 Å². The lowest BCUT2D eigenvalue weighted by molar-refractivity contribution is -0.114. The summed E-state index contributed by atoms with van der Waals surface area (Å²) in [5.74, 6) is 0.0204. The van der Waals surface area contributed by atoms with Crippen LogP contribution in [0, 0.1) is 0 Å². The van der Waals surface area contributed by atoms with Gasteiger partial charge in [0.25, 0.3) is 5.91 Å². The van der Waals surface area contributed by atoms with Crippen LogP contribution in [0.15, 0.2) is 54.6 Å². The highest BCUT2D eigenvalue weighted by Crippen LogP contribution is 2.20. The highest BCUT2D eigenvalue weighted by atomic mass is 16.2. The summed E-state index contributed by atoms with van der Waals surface area (Å²) >= 11 is 0. The van der Waals surface area contributed by atoms with Gasteiger partial charge in [0.1, 0.15) is 0 Å². The minimum Gasteiger partial charge on any atom is -0.368 e. The highest BCUT2D eigenvalue weighted by Gasteiger charge is 2.22. The van der Waals surface area contributed by atoms with E-state index < -0.39 is 0 Å². The van der Waals surface area contributed by atoms with Crippen LogP contribution in [-0.4, -0.2) is 42.9 Å². The molecule has 1 saturated heterocycles. The van der Waals surface area contributed by atoms with E-state index in [2.05, 4.69) is 10.2 Å². The van der Waals surface area contributed by atoms with Crippen LogP contribution in [-0.2, 0) is 4.79 Å². The Balaban J connectivity index is 1.59. The zero-order chi connectivity index (χ0) is 16.9. The normalized spacial score (nSPS) is 14.4. The average Bonchev–Trinajstić information content (AvgIpc) is 2.62. The Bertz CT molecular complexity index is 705. The van der Waals surface area contributed by atoms with E-state index in [1.807, 2.05) is 59.5 Å². The van der Waals surface area contributed by atoms with Crippen molar-refractivity contribution in [1.29, 1.82) is 0 Å². The molecular weight excluding hydrogens is 302 g/mol. The van der Waals surface area contributed by atoms with Crippen molar-refractivity contribution in [3.63, 3.8) is 0 Å². The predicted molar refractivity (Wildman–Crippen MR) is 95.3 cm³/mol. The first-order valence-electron chi connectivity index (χ1n) is 8.10. The van der Waals surface area contributed by atoms with E-state index >= 15 is 0 Å². The topological polar surface area (TPSA) is 52.7 Å². The number of carbonyl (C=O) groups excluding carboxylic acids is 2. The van der Waals surface area contributed by atoms with Gasteiger partial charge in [0.15, 0.2) is 0 Å². The standard InChI is InChI=1S/C19H21N3O2/c1-15(23)20-17-7-9-18(10-8-17)21-11-13-22(14-12-21)19(24)16-5-3-2-4-6-16/h2-10H,11-14H2,1H3,(H,20,23). The zero-order valence-corrected chi connectivity index (χ0v) is 13.7. The first-order chi connectivity index (χ1) is 11.6. The number of hydrogen-bond donors (Lipinski definition) is 1. The largest absolute Gasteiger partial charge is 0.368 e. The van der Waals surface area contributed by atoms with E-state index in [9.17, 15) is 9.59 Å². The molecule has 0 bridgehead atoms. The molecule has 1 aliphatic heterocycles. The Morgan fingerprint density at radius 2 is 1.50 bits per heavy atom. The van der Waals surface area contributed by atoms with Gasteiger partial charge in [-0.25, -0.2) is 0 Å². The molecule has 3 rings (SSSR count). The van der Waals surface area contributed by atoms with Crippen molar-refractivity contribution in [2.24, 2.45) is 0 Å². The average molecular weight is 323 g/mol. The number of hydrogen-bond acceptors (Lipinski definition) is 3.